The molecule has 1 saturated heterocycles. The van der Waals surface area contributed by atoms with E-state index < -0.39 is 33.6 Å². The van der Waals surface area contributed by atoms with Crippen molar-refractivity contribution >= 4 is 39.2 Å². The molecule has 1 amide bonds. The lowest BCUT2D eigenvalue weighted by atomic mass is 9.97. The van der Waals surface area contributed by atoms with Gasteiger partial charge in [-0.25, -0.2) is 17.6 Å². The molecular weight excluding hydrogens is 439 g/mol. The first-order valence-electron chi connectivity index (χ1n) is 9.26. The van der Waals surface area contributed by atoms with Crippen molar-refractivity contribution in [3.8, 4) is 0 Å². The Labute approximate surface area is 178 Å². The van der Waals surface area contributed by atoms with E-state index in [1.165, 1.54) is 34.6 Å². The Balaban J connectivity index is 1.62. The van der Waals surface area contributed by atoms with Gasteiger partial charge < -0.3 is 14.5 Å². The first kappa shape index (κ1) is 22.3. The van der Waals surface area contributed by atoms with Crippen LogP contribution in [0.15, 0.2) is 39.8 Å². The number of hydrogen-bond acceptors (Lipinski definition) is 6. The molecule has 1 aromatic heterocycles. The van der Waals surface area contributed by atoms with Crippen LogP contribution in [0.4, 0.5) is 10.1 Å². The third kappa shape index (κ3) is 4.66. The number of amides is 1. The fourth-order valence-electron chi connectivity index (χ4n) is 3.09. The Kier molecular flexibility index (Phi) is 6.79. The molecule has 0 unspecified atom stereocenters. The van der Waals surface area contributed by atoms with Gasteiger partial charge in [0.15, 0.2) is 5.82 Å². The molecular formula is C19H20ClFN2O6S. The van der Waals surface area contributed by atoms with Crippen LogP contribution in [0.25, 0.3) is 0 Å². The summed E-state index contributed by atoms with van der Waals surface area (Å²) < 4.78 is 50.6. The zero-order chi connectivity index (χ0) is 21.9. The Morgan fingerprint density at radius 2 is 1.97 bits per heavy atom. The summed E-state index contributed by atoms with van der Waals surface area (Å²) in [4.78, 5) is 24.1. The first-order chi connectivity index (χ1) is 14.2. The van der Waals surface area contributed by atoms with Crippen molar-refractivity contribution in [2.24, 2.45) is 5.92 Å². The van der Waals surface area contributed by atoms with E-state index in [2.05, 4.69) is 5.32 Å². The number of piperidine rings is 1. The predicted octanol–water partition coefficient (Wildman–Crippen LogP) is 3.29. The summed E-state index contributed by atoms with van der Waals surface area (Å²) >= 11 is 5.71. The highest BCUT2D eigenvalue weighted by atomic mass is 35.5. The molecule has 2 aromatic rings. The lowest BCUT2D eigenvalue weighted by Gasteiger charge is -2.29. The van der Waals surface area contributed by atoms with Gasteiger partial charge in [0, 0.05) is 19.0 Å². The zero-order valence-corrected chi connectivity index (χ0v) is 17.6. The van der Waals surface area contributed by atoms with Gasteiger partial charge in [0.05, 0.1) is 17.3 Å². The Bertz CT molecular complexity index is 1050. The summed E-state index contributed by atoms with van der Waals surface area (Å²) in [6.45, 7) is 1.91. The van der Waals surface area contributed by atoms with Gasteiger partial charge in [-0.2, -0.15) is 4.31 Å². The van der Waals surface area contributed by atoms with Crippen LogP contribution < -0.4 is 5.32 Å². The quantitative estimate of drug-likeness (QED) is 0.666. The van der Waals surface area contributed by atoms with E-state index in [0.29, 0.717) is 0 Å². The smallest absolute Gasteiger partial charge is 0.374 e. The van der Waals surface area contributed by atoms with Crippen LogP contribution in [-0.2, 0) is 19.6 Å². The molecule has 1 fully saturated rings. The molecule has 0 aliphatic carbocycles. The van der Waals surface area contributed by atoms with Crippen molar-refractivity contribution in [3.05, 3.63) is 46.9 Å². The number of anilines is 1. The maximum absolute atomic E-state index is 14.0. The van der Waals surface area contributed by atoms with Crippen molar-refractivity contribution in [1.29, 1.82) is 0 Å². The minimum absolute atomic E-state index is 0.0235. The van der Waals surface area contributed by atoms with Crippen molar-refractivity contribution in [2.75, 3.05) is 25.0 Å². The molecule has 0 spiro atoms. The zero-order valence-electron chi connectivity index (χ0n) is 16.1. The lowest BCUT2D eigenvalue weighted by molar-refractivity contribution is -0.120. The van der Waals surface area contributed by atoms with Crippen molar-refractivity contribution < 1.29 is 31.6 Å². The van der Waals surface area contributed by atoms with E-state index in [0.717, 1.165) is 0 Å². The molecule has 3 rings (SSSR count). The molecule has 1 aromatic carbocycles. The summed E-state index contributed by atoms with van der Waals surface area (Å²) in [5.41, 5.74) is -0.0235. The molecule has 1 aliphatic rings. The molecule has 0 bridgehead atoms. The van der Waals surface area contributed by atoms with Crippen molar-refractivity contribution in [1.82, 2.24) is 4.31 Å². The second-order valence-electron chi connectivity index (χ2n) is 6.61. The highest BCUT2D eigenvalue weighted by molar-refractivity contribution is 7.89. The topological polar surface area (TPSA) is 106 Å². The van der Waals surface area contributed by atoms with E-state index >= 15 is 0 Å². The van der Waals surface area contributed by atoms with E-state index in [9.17, 15) is 22.4 Å². The lowest BCUT2D eigenvalue weighted by Crippen LogP contribution is -2.41. The van der Waals surface area contributed by atoms with Gasteiger partial charge in [0.25, 0.3) is 10.0 Å². The van der Waals surface area contributed by atoms with E-state index in [1.54, 1.807) is 6.92 Å². The largest absolute Gasteiger partial charge is 0.460 e. The second-order valence-corrected chi connectivity index (χ2v) is 8.88. The van der Waals surface area contributed by atoms with E-state index in [1.807, 2.05) is 0 Å². The summed E-state index contributed by atoms with van der Waals surface area (Å²) in [5.74, 6) is -2.56. The molecule has 0 saturated carbocycles. The average molecular weight is 459 g/mol. The van der Waals surface area contributed by atoms with Gasteiger partial charge in [-0.1, -0.05) is 17.7 Å². The summed E-state index contributed by atoms with van der Waals surface area (Å²) in [6.07, 6.45) is 0.497. The number of ether oxygens (including phenoxy) is 1. The van der Waals surface area contributed by atoms with Crippen LogP contribution in [0.2, 0.25) is 5.02 Å². The van der Waals surface area contributed by atoms with E-state index in [4.69, 9.17) is 20.8 Å². The van der Waals surface area contributed by atoms with E-state index in [-0.39, 0.29) is 54.1 Å². The van der Waals surface area contributed by atoms with Crippen LogP contribution in [0.5, 0.6) is 0 Å². The predicted molar refractivity (Wildman–Crippen MR) is 106 cm³/mol. The van der Waals surface area contributed by atoms with Gasteiger partial charge in [0.1, 0.15) is 0 Å². The molecule has 1 N–H and O–H groups in total. The third-order valence-corrected chi connectivity index (χ3v) is 6.75. The van der Waals surface area contributed by atoms with Gasteiger partial charge in [-0.05, 0) is 44.0 Å². The summed E-state index contributed by atoms with van der Waals surface area (Å²) in [5, 5.41) is 2.03. The standard InChI is InChI=1S/C19H20ClFN2O6S/c1-2-28-19(25)15-6-7-16(29-15)30(26,27)23-10-8-12(9-11-23)18(24)22-14-5-3-4-13(20)17(14)21/h3-7,12H,2,8-11H2,1H3,(H,22,24). The molecule has 30 heavy (non-hydrogen) atoms. The number of rotatable bonds is 6. The number of benzene rings is 1. The molecule has 8 nitrogen and oxygen atoms in total. The third-order valence-electron chi connectivity index (χ3n) is 4.69. The minimum Gasteiger partial charge on any atom is -0.460 e. The monoisotopic (exact) mass is 458 g/mol. The Morgan fingerprint density at radius 3 is 2.63 bits per heavy atom. The fraction of sp³-hybridized carbons (Fsp3) is 0.368. The Morgan fingerprint density at radius 1 is 1.27 bits per heavy atom. The number of furan rings is 1. The minimum atomic E-state index is -3.96. The normalized spacial score (nSPS) is 15.7. The molecule has 162 valence electrons. The molecule has 1 aliphatic heterocycles. The number of carbonyl (C=O) groups excluding carboxylic acids is 2. The average Bonchev–Trinajstić information content (AvgIpc) is 3.23. The van der Waals surface area contributed by atoms with Crippen molar-refractivity contribution in [3.63, 3.8) is 0 Å². The van der Waals surface area contributed by atoms with Crippen molar-refractivity contribution in [2.45, 2.75) is 24.9 Å². The summed E-state index contributed by atoms with van der Waals surface area (Å²) in [6, 6.07) is 6.73. The number of hydrogen-bond donors (Lipinski definition) is 1. The Hall–Kier alpha value is -2.43. The van der Waals surface area contributed by atoms with Gasteiger partial charge in [0.2, 0.25) is 16.8 Å². The number of carbonyl (C=O) groups is 2. The maximum atomic E-state index is 14.0. The highest BCUT2D eigenvalue weighted by Gasteiger charge is 2.34. The van der Waals surface area contributed by atoms with Crippen LogP contribution in [-0.4, -0.2) is 44.3 Å². The van der Waals surface area contributed by atoms with Gasteiger partial charge >= 0.3 is 5.97 Å². The summed E-state index contributed by atoms with van der Waals surface area (Å²) in [7, 11) is -3.96. The van der Waals surface area contributed by atoms with Crippen LogP contribution in [0.3, 0.4) is 0 Å². The second kappa shape index (κ2) is 9.15. The number of nitrogens with zero attached hydrogens (tertiary/aromatic N) is 1. The van der Waals surface area contributed by atoms with Gasteiger partial charge in [-0.3, -0.25) is 4.79 Å². The number of nitrogens with one attached hydrogen (secondary N) is 1. The van der Waals surface area contributed by atoms with Gasteiger partial charge in [-0.15, -0.1) is 0 Å². The van der Waals surface area contributed by atoms with Crippen LogP contribution >= 0.6 is 11.6 Å². The molecule has 2 heterocycles. The number of esters is 1. The SMILES string of the molecule is CCOC(=O)c1ccc(S(=O)(=O)N2CCC(C(=O)Nc3cccc(Cl)c3F)CC2)o1. The highest BCUT2D eigenvalue weighted by Crippen LogP contribution is 2.27. The fourth-order valence-corrected chi connectivity index (χ4v) is 4.65. The maximum Gasteiger partial charge on any atom is 0.374 e. The molecule has 11 heteroatoms. The number of halogens is 2. The number of sulfonamides is 1. The van der Waals surface area contributed by atoms with Crippen LogP contribution in [0.1, 0.15) is 30.3 Å². The first-order valence-corrected chi connectivity index (χ1v) is 11.1. The van der Waals surface area contributed by atoms with Crippen LogP contribution in [0, 0.1) is 11.7 Å². The molecule has 0 radical (unpaired) electrons. The molecule has 0 atom stereocenters.